The van der Waals surface area contributed by atoms with Gasteiger partial charge >= 0.3 is 0 Å². The summed E-state index contributed by atoms with van der Waals surface area (Å²) in [5, 5.41) is 9.11. The minimum atomic E-state index is -3.90. The van der Waals surface area contributed by atoms with Crippen LogP contribution in [0, 0.1) is 11.3 Å². The van der Waals surface area contributed by atoms with Gasteiger partial charge in [-0.1, -0.05) is 39.1 Å². The monoisotopic (exact) mass is 404 g/mol. The highest BCUT2D eigenvalue weighted by Crippen LogP contribution is 2.29. The second-order valence-corrected chi connectivity index (χ2v) is 7.37. The largest absolute Gasteiger partial charge is 0.278 e. The van der Waals surface area contributed by atoms with Crippen LogP contribution in [0.4, 0.5) is 5.69 Å². The molecule has 0 spiro atoms. The Balaban J connectivity index is 2.45. The van der Waals surface area contributed by atoms with Crippen molar-refractivity contribution in [2.24, 2.45) is 0 Å². The van der Waals surface area contributed by atoms with Crippen molar-refractivity contribution >= 4 is 54.8 Å². The zero-order chi connectivity index (χ0) is 15.6. The van der Waals surface area contributed by atoms with Gasteiger partial charge in [0.1, 0.15) is 4.90 Å². The Labute approximate surface area is 140 Å². The molecule has 2 aromatic carbocycles. The van der Waals surface area contributed by atoms with Crippen LogP contribution < -0.4 is 4.72 Å². The van der Waals surface area contributed by atoms with Crippen LogP contribution in [0.3, 0.4) is 0 Å². The highest BCUT2D eigenvalue weighted by Gasteiger charge is 2.19. The Kier molecular flexibility index (Phi) is 4.79. The van der Waals surface area contributed by atoms with Gasteiger partial charge in [0.2, 0.25) is 0 Å². The SMILES string of the molecule is N#Cc1ccc(Cl)c(NS(=O)(=O)c2ccc(Br)cc2Cl)c1. The number of hydrogen-bond donors (Lipinski definition) is 1. The van der Waals surface area contributed by atoms with Crippen LogP contribution in [0.5, 0.6) is 0 Å². The van der Waals surface area contributed by atoms with Crippen molar-refractivity contribution in [3.8, 4) is 6.07 Å². The maximum atomic E-state index is 12.3. The van der Waals surface area contributed by atoms with Crippen molar-refractivity contribution in [1.82, 2.24) is 0 Å². The van der Waals surface area contributed by atoms with Crippen LogP contribution in [0.15, 0.2) is 45.8 Å². The Bertz CT molecular complexity index is 848. The number of sulfonamides is 1. The van der Waals surface area contributed by atoms with Crippen LogP contribution in [0.1, 0.15) is 5.56 Å². The number of nitriles is 1. The van der Waals surface area contributed by atoms with Gasteiger partial charge in [-0.25, -0.2) is 8.42 Å². The first kappa shape index (κ1) is 16.1. The number of nitrogens with zero attached hydrogens (tertiary/aromatic N) is 1. The molecule has 0 bridgehead atoms. The molecule has 21 heavy (non-hydrogen) atoms. The molecule has 108 valence electrons. The molecule has 0 heterocycles. The maximum Gasteiger partial charge on any atom is 0.263 e. The van der Waals surface area contributed by atoms with Crippen LogP contribution in [-0.4, -0.2) is 8.42 Å². The summed E-state index contributed by atoms with van der Waals surface area (Å²) in [7, 11) is -3.90. The second-order valence-electron chi connectivity index (χ2n) is 3.99. The van der Waals surface area contributed by atoms with Crippen LogP contribution in [0.2, 0.25) is 10.0 Å². The summed E-state index contributed by atoms with van der Waals surface area (Å²) in [6.07, 6.45) is 0. The molecule has 0 radical (unpaired) electrons. The third kappa shape index (κ3) is 3.69. The van der Waals surface area contributed by atoms with E-state index in [4.69, 9.17) is 28.5 Å². The molecule has 0 unspecified atom stereocenters. The molecule has 0 aliphatic rings. The van der Waals surface area contributed by atoms with Gasteiger partial charge in [0.25, 0.3) is 10.0 Å². The zero-order valence-corrected chi connectivity index (χ0v) is 14.2. The van der Waals surface area contributed by atoms with E-state index in [-0.39, 0.29) is 20.6 Å². The predicted molar refractivity (Wildman–Crippen MR) is 86.1 cm³/mol. The fraction of sp³-hybridized carbons (Fsp3) is 0. The summed E-state index contributed by atoms with van der Waals surface area (Å²) in [6.45, 7) is 0. The highest BCUT2D eigenvalue weighted by atomic mass is 79.9. The van der Waals surface area contributed by atoms with Gasteiger partial charge in [-0.3, -0.25) is 4.72 Å². The summed E-state index contributed by atoms with van der Waals surface area (Å²) in [5.41, 5.74) is 0.411. The quantitative estimate of drug-likeness (QED) is 0.820. The summed E-state index contributed by atoms with van der Waals surface area (Å²) in [6, 6.07) is 10.6. The molecule has 0 atom stereocenters. The number of hydrogen-bond acceptors (Lipinski definition) is 3. The predicted octanol–water partition coefficient (Wildman–Crippen LogP) is 4.43. The van der Waals surface area contributed by atoms with Gasteiger partial charge in [0, 0.05) is 4.47 Å². The molecule has 1 N–H and O–H groups in total. The average molecular weight is 406 g/mol. The molecule has 0 amide bonds. The molecule has 2 aromatic rings. The van der Waals surface area contributed by atoms with E-state index in [9.17, 15) is 8.42 Å². The molecule has 0 aromatic heterocycles. The number of nitrogens with one attached hydrogen (secondary N) is 1. The first-order chi connectivity index (χ1) is 9.83. The van der Waals surface area contributed by atoms with E-state index in [1.807, 2.05) is 6.07 Å². The standard InChI is InChI=1S/C13H7BrCl2N2O2S/c14-9-2-4-13(11(16)6-9)21(19,20)18-12-5-8(7-17)1-3-10(12)15/h1-6,18H. The maximum absolute atomic E-state index is 12.3. The summed E-state index contributed by atoms with van der Waals surface area (Å²) in [4.78, 5) is -0.0780. The lowest BCUT2D eigenvalue weighted by Gasteiger charge is -2.11. The second kappa shape index (κ2) is 6.24. The van der Waals surface area contributed by atoms with Gasteiger partial charge in [-0.05, 0) is 36.4 Å². The van der Waals surface area contributed by atoms with Crippen LogP contribution in [-0.2, 0) is 10.0 Å². The number of benzene rings is 2. The molecule has 0 fully saturated rings. The highest BCUT2D eigenvalue weighted by molar-refractivity contribution is 9.10. The van der Waals surface area contributed by atoms with Crippen molar-refractivity contribution in [3.05, 3.63) is 56.5 Å². The van der Waals surface area contributed by atoms with Crippen molar-refractivity contribution < 1.29 is 8.42 Å². The summed E-state index contributed by atoms with van der Waals surface area (Å²) < 4.78 is 27.7. The van der Waals surface area contributed by atoms with E-state index in [1.165, 1.54) is 30.3 Å². The number of rotatable bonds is 3. The summed E-state index contributed by atoms with van der Waals surface area (Å²) >= 11 is 15.1. The van der Waals surface area contributed by atoms with E-state index in [2.05, 4.69) is 20.7 Å². The van der Waals surface area contributed by atoms with Gasteiger partial charge in [0.05, 0.1) is 27.4 Å². The Morgan fingerprint density at radius 1 is 1.10 bits per heavy atom. The first-order valence-corrected chi connectivity index (χ1v) is 8.54. The lowest BCUT2D eigenvalue weighted by Crippen LogP contribution is -2.14. The fourth-order valence-corrected chi connectivity index (χ4v) is 3.90. The van der Waals surface area contributed by atoms with Gasteiger partial charge in [-0.2, -0.15) is 5.26 Å². The van der Waals surface area contributed by atoms with Crippen molar-refractivity contribution in [2.75, 3.05) is 4.72 Å². The van der Waals surface area contributed by atoms with E-state index >= 15 is 0 Å². The zero-order valence-electron chi connectivity index (χ0n) is 10.3. The van der Waals surface area contributed by atoms with E-state index < -0.39 is 10.0 Å². The molecular formula is C13H7BrCl2N2O2S. The minimum absolute atomic E-state index is 0.0736. The van der Waals surface area contributed by atoms with Crippen LogP contribution in [0.25, 0.3) is 0 Å². The lowest BCUT2D eigenvalue weighted by atomic mass is 10.2. The van der Waals surface area contributed by atoms with Crippen molar-refractivity contribution in [3.63, 3.8) is 0 Å². The molecule has 0 aliphatic heterocycles. The summed E-state index contributed by atoms with van der Waals surface area (Å²) in [5.74, 6) is 0. The molecule has 0 aliphatic carbocycles. The van der Waals surface area contributed by atoms with Gasteiger partial charge in [-0.15, -0.1) is 0 Å². The van der Waals surface area contributed by atoms with Crippen molar-refractivity contribution in [2.45, 2.75) is 4.90 Å². The molecule has 0 saturated heterocycles. The van der Waals surface area contributed by atoms with E-state index in [1.54, 1.807) is 6.07 Å². The fourth-order valence-electron chi connectivity index (χ4n) is 1.57. The number of halogens is 3. The Morgan fingerprint density at radius 3 is 2.43 bits per heavy atom. The molecular weight excluding hydrogens is 399 g/mol. The smallest absolute Gasteiger partial charge is 0.263 e. The molecule has 4 nitrogen and oxygen atoms in total. The molecule has 0 saturated carbocycles. The average Bonchev–Trinajstić information content (AvgIpc) is 2.40. The minimum Gasteiger partial charge on any atom is -0.278 e. The molecule has 8 heteroatoms. The van der Waals surface area contributed by atoms with E-state index in [0.29, 0.717) is 10.0 Å². The Hall–Kier alpha value is -1.26. The topological polar surface area (TPSA) is 70.0 Å². The third-order valence-electron chi connectivity index (χ3n) is 2.52. The molecule has 2 rings (SSSR count). The van der Waals surface area contributed by atoms with Gasteiger partial charge < -0.3 is 0 Å². The first-order valence-electron chi connectivity index (χ1n) is 5.51. The number of anilines is 1. The lowest BCUT2D eigenvalue weighted by molar-refractivity contribution is 0.601. The Morgan fingerprint density at radius 2 is 1.81 bits per heavy atom. The van der Waals surface area contributed by atoms with Crippen LogP contribution >= 0.6 is 39.1 Å². The van der Waals surface area contributed by atoms with E-state index in [0.717, 1.165) is 0 Å². The van der Waals surface area contributed by atoms with Crippen molar-refractivity contribution in [1.29, 1.82) is 5.26 Å². The van der Waals surface area contributed by atoms with Gasteiger partial charge in [0.15, 0.2) is 0 Å². The normalized spacial score (nSPS) is 11.0. The third-order valence-corrected chi connectivity index (χ3v) is 5.19.